The number of aromatic nitrogens is 3. The Morgan fingerprint density at radius 3 is 2.67 bits per heavy atom. The first-order valence-electron chi connectivity index (χ1n) is 6.35. The Morgan fingerprint density at radius 2 is 2.05 bits per heavy atom. The van der Waals surface area contributed by atoms with Gasteiger partial charge in [-0.25, -0.2) is 8.78 Å². The summed E-state index contributed by atoms with van der Waals surface area (Å²) in [5.41, 5.74) is -0.433. The smallest absolute Gasteiger partial charge is 0.238 e. The molecule has 2 aromatic rings. The van der Waals surface area contributed by atoms with E-state index in [2.05, 4.69) is 20.8 Å². The molecule has 1 aromatic heterocycles. The predicted molar refractivity (Wildman–Crippen MR) is 72.6 cm³/mol. The van der Waals surface area contributed by atoms with Gasteiger partial charge in [-0.05, 0) is 12.1 Å². The number of benzene rings is 1. The number of rotatable bonds is 6. The number of nitrogens with zero attached hydrogens (tertiary/aromatic N) is 3. The molecule has 112 valence electrons. The fraction of sp³-hybridized carbons (Fsp3) is 0.308. The lowest BCUT2D eigenvalue weighted by Gasteiger charge is -2.08. The Bertz CT molecular complexity index is 609. The summed E-state index contributed by atoms with van der Waals surface area (Å²) in [5.74, 6) is -1.34. The summed E-state index contributed by atoms with van der Waals surface area (Å²) in [4.78, 5) is 11.6. The Balaban J connectivity index is 1.76. The molecule has 8 heteroatoms. The summed E-state index contributed by atoms with van der Waals surface area (Å²) in [7, 11) is 1.82. The van der Waals surface area contributed by atoms with Crippen molar-refractivity contribution in [1.29, 1.82) is 0 Å². The van der Waals surface area contributed by atoms with Crippen LogP contribution in [0, 0.1) is 11.6 Å². The van der Waals surface area contributed by atoms with Crippen LogP contribution in [0.3, 0.4) is 0 Å². The largest absolute Gasteiger partial charge is 0.321 e. The molecule has 0 aliphatic carbocycles. The summed E-state index contributed by atoms with van der Waals surface area (Å²) in [6.45, 7) is 0.450. The molecular weight excluding hydrogens is 280 g/mol. The Morgan fingerprint density at radius 1 is 1.33 bits per heavy atom. The Kier molecular flexibility index (Phi) is 4.94. The van der Waals surface area contributed by atoms with Crippen LogP contribution in [0.5, 0.6) is 0 Å². The fourth-order valence-electron chi connectivity index (χ4n) is 1.74. The second-order valence-corrected chi connectivity index (χ2v) is 4.43. The average Bonchev–Trinajstić information content (AvgIpc) is 2.85. The Hall–Kier alpha value is -2.35. The lowest BCUT2D eigenvalue weighted by atomic mass is 10.3. The zero-order chi connectivity index (χ0) is 15.2. The molecule has 0 aliphatic rings. The molecule has 1 amide bonds. The number of hydrogen-bond acceptors (Lipinski definition) is 4. The molecule has 0 spiro atoms. The van der Waals surface area contributed by atoms with Crippen LogP contribution in [0.1, 0.15) is 5.82 Å². The van der Waals surface area contributed by atoms with Gasteiger partial charge in [0, 0.05) is 20.0 Å². The van der Waals surface area contributed by atoms with Crippen molar-refractivity contribution in [2.45, 2.75) is 6.42 Å². The molecule has 1 heterocycles. The third-order valence-corrected chi connectivity index (χ3v) is 2.84. The molecule has 21 heavy (non-hydrogen) atoms. The predicted octanol–water partition coefficient (Wildman–Crippen LogP) is 0.864. The van der Waals surface area contributed by atoms with Crippen molar-refractivity contribution in [1.82, 2.24) is 20.1 Å². The number of carbonyl (C=O) groups is 1. The van der Waals surface area contributed by atoms with Crippen LogP contribution in [0.2, 0.25) is 0 Å². The summed E-state index contributed by atoms with van der Waals surface area (Å²) >= 11 is 0. The molecule has 1 aromatic carbocycles. The Labute approximate surface area is 120 Å². The fourth-order valence-corrected chi connectivity index (χ4v) is 1.74. The number of hydrogen-bond donors (Lipinski definition) is 2. The monoisotopic (exact) mass is 295 g/mol. The van der Waals surface area contributed by atoms with Crippen LogP contribution in [0.25, 0.3) is 0 Å². The first-order valence-corrected chi connectivity index (χ1v) is 6.35. The summed E-state index contributed by atoms with van der Waals surface area (Å²) in [6.07, 6.45) is 2.18. The van der Waals surface area contributed by atoms with E-state index in [1.807, 2.05) is 7.05 Å². The molecule has 0 aliphatic heterocycles. The standard InChI is InChI=1S/C13H15F2N5O/c1-20-8-17-19-11(20)5-6-16-7-12(21)18-13-9(14)3-2-4-10(13)15/h2-4,8,16H,5-7H2,1H3,(H,18,21). The zero-order valence-electron chi connectivity index (χ0n) is 11.4. The van der Waals surface area contributed by atoms with Gasteiger partial charge in [0.15, 0.2) is 0 Å². The lowest BCUT2D eigenvalue weighted by Crippen LogP contribution is -2.30. The first kappa shape index (κ1) is 15.0. The number of aryl methyl sites for hydroxylation is 1. The van der Waals surface area contributed by atoms with Gasteiger partial charge in [-0.1, -0.05) is 6.07 Å². The van der Waals surface area contributed by atoms with E-state index < -0.39 is 23.2 Å². The van der Waals surface area contributed by atoms with E-state index in [1.165, 1.54) is 6.07 Å². The quantitative estimate of drug-likeness (QED) is 0.776. The zero-order valence-corrected chi connectivity index (χ0v) is 11.4. The lowest BCUT2D eigenvalue weighted by molar-refractivity contribution is -0.115. The maximum Gasteiger partial charge on any atom is 0.238 e. The van der Waals surface area contributed by atoms with Crippen molar-refractivity contribution in [3.05, 3.63) is 42.0 Å². The van der Waals surface area contributed by atoms with Gasteiger partial charge < -0.3 is 15.2 Å². The van der Waals surface area contributed by atoms with E-state index >= 15 is 0 Å². The van der Waals surface area contributed by atoms with Gasteiger partial charge in [0.25, 0.3) is 0 Å². The molecule has 2 rings (SSSR count). The minimum absolute atomic E-state index is 0.0500. The summed E-state index contributed by atoms with van der Waals surface area (Å²) in [6, 6.07) is 3.40. The molecule has 0 atom stereocenters. The van der Waals surface area contributed by atoms with Gasteiger partial charge in [-0.2, -0.15) is 0 Å². The van der Waals surface area contributed by atoms with Crippen molar-refractivity contribution < 1.29 is 13.6 Å². The van der Waals surface area contributed by atoms with Crippen LogP contribution >= 0.6 is 0 Å². The summed E-state index contributed by atoms with van der Waals surface area (Å²) in [5, 5.41) is 12.7. The maximum absolute atomic E-state index is 13.3. The summed E-state index contributed by atoms with van der Waals surface area (Å²) < 4.78 is 28.4. The van der Waals surface area contributed by atoms with Crippen molar-refractivity contribution in [2.75, 3.05) is 18.4 Å². The van der Waals surface area contributed by atoms with E-state index in [4.69, 9.17) is 0 Å². The number of halogens is 2. The molecule has 0 radical (unpaired) electrons. The minimum atomic E-state index is -0.803. The molecule has 0 unspecified atom stereocenters. The van der Waals surface area contributed by atoms with Gasteiger partial charge in [-0.15, -0.1) is 10.2 Å². The molecule has 6 nitrogen and oxygen atoms in total. The molecule has 2 N–H and O–H groups in total. The van der Waals surface area contributed by atoms with E-state index in [9.17, 15) is 13.6 Å². The highest BCUT2D eigenvalue weighted by Gasteiger charge is 2.11. The van der Waals surface area contributed by atoms with Crippen LogP contribution < -0.4 is 10.6 Å². The first-order chi connectivity index (χ1) is 10.1. The van der Waals surface area contributed by atoms with E-state index in [0.717, 1.165) is 18.0 Å². The third-order valence-electron chi connectivity index (χ3n) is 2.84. The topological polar surface area (TPSA) is 71.8 Å². The second kappa shape index (κ2) is 6.89. The number of nitrogens with one attached hydrogen (secondary N) is 2. The van der Waals surface area contributed by atoms with Gasteiger partial charge in [0.1, 0.15) is 29.5 Å². The van der Waals surface area contributed by atoms with Crippen LogP contribution in [0.4, 0.5) is 14.5 Å². The molecule has 0 saturated heterocycles. The van der Waals surface area contributed by atoms with Crippen molar-refractivity contribution in [2.24, 2.45) is 7.05 Å². The van der Waals surface area contributed by atoms with Crippen molar-refractivity contribution in [3.8, 4) is 0 Å². The number of anilines is 1. The van der Waals surface area contributed by atoms with E-state index in [1.54, 1.807) is 10.9 Å². The second-order valence-electron chi connectivity index (χ2n) is 4.43. The maximum atomic E-state index is 13.3. The SMILES string of the molecule is Cn1cnnc1CCNCC(=O)Nc1c(F)cccc1F. The highest BCUT2D eigenvalue weighted by Crippen LogP contribution is 2.17. The normalized spacial score (nSPS) is 10.6. The van der Waals surface area contributed by atoms with Gasteiger partial charge >= 0.3 is 0 Å². The van der Waals surface area contributed by atoms with Gasteiger partial charge in [0.2, 0.25) is 5.91 Å². The van der Waals surface area contributed by atoms with E-state index in [0.29, 0.717) is 13.0 Å². The molecule has 0 saturated carbocycles. The van der Waals surface area contributed by atoms with Crippen LogP contribution in [-0.4, -0.2) is 33.8 Å². The number of para-hydroxylation sites is 1. The minimum Gasteiger partial charge on any atom is -0.321 e. The van der Waals surface area contributed by atoms with Gasteiger partial charge in [-0.3, -0.25) is 4.79 Å². The van der Waals surface area contributed by atoms with Gasteiger partial charge in [0.05, 0.1) is 6.54 Å². The van der Waals surface area contributed by atoms with E-state index in [-0.39, 0.29) is 6.54 Å². The number of carbonyl (C=O) groups excluding carboxylic acids is 1. The highest BCUT2D eigenvalue weighted by molar-refractivity contribution is 5.92. The van der Waals surface area contributed by atoms with Crippen LogP contribution in [0.15, 0.2) is 24.5 Å². The highest BCUT2D eigenvalue weighted by atomic mass is 19.1. The molecular formula is C13H15F2N5O. The third kappa shape index (κ3) is 4.06. The van der Waals surface area contributed by atoms with Crippen molar-refractivity contribution >= 4 is 11.6 Å². The average molecular weight is 295 g/mol. The molecule has 0 fully saturated rings. The van der Waals surface area contributed by atoms with Crippen LogP contribution in [-0.2, 0) is 18.3 Å². The number of amides is 1. The molecule has 0 bridgehead atoms. The van der Waals surface area contributed by atoms with Crippen molar-refractivity contribution in [3.63, 3.8) is 0 Å².